The van der Waals surface area contributed by atoms with Gasteiger partial charge in [0.1, 0.15) is 11.6 Å². The van der Waals surface area contributed by atoms with Crippen LogP contribution in [0.25, 0.3) is 26.4 Å². The first kappa shape index (κ1) is 19.3. The summed E-state index contributed by atoms with van der Waals surface area (Å²) in [6, 6.07) is 19.6. The highest BCUT2D eigenvalue weighted by Crippen LogP contribution is 2.30. The molecule has 5 nitrogen and oxygen atoms in total. The van der Waals surface area contributed by atoms with Crippen molar-refractivity contribution in [2.24, 2.45) is 0 Å². The van der Waals surface area contributed by atoms with Crippen LogP contribution in [-0.2, 0) is 6.54 Å². The summed E-state index contributed by atoms with van der Waals surface area (Å²) in [7, 11) is 1.64. The van der Waals surface area contributed by atoms with Crippen molar-refractivity contribution in [1.29, 1.82) is 0 Å². The fraction of sp³-hybridized carbons (Fsp3) is 0.0833. The topological polar surface area (TPSA) is 55.6 Å². The number of ether oxygens (including phenoxy) is 1. The molecular formula is C24H18FN3O2S. The highest BCUT2D eigenvalue weighted by Gasteiger charge is 2.13. The second-order valence-electron chi connectivity index (χ2n) is 7.10. The van der Waals surface area contributed by atoms with E-state index in [9.17, 15) is 9.18 Å². The van der Waals surface area contributed by atoms with Crippen LogP contribution < -0.4 is 10.1 Å². The Morgan fingerprint density at radius 2 is 1.97 bits per heavy atom. The van der Waals surface area contributed by atoms with Gasteiger partial charge in [-0.05, 0) is 60.2 Å². The molecule has 0 radical (unpaired) electrons. The van der Waals surface area contributed by atoms with Crippen LogP contribution in [0.2, 0.25) is 0 Å². The van der Waals surface area contributed by atoms with Crippen molar-refractivity contribution in [3.63, 3.8) is 0 Å². The fourth-order valence-electron chi connectivity index (χ4n) is 3.47. The molecular weight excluding hydrogens is 413 g/mol. The van der Waals surface area contributed by atoms with Crippen LogP contribution in [-0.4, -0.2) is 22.4 Å². The summed E-state index contributed by atoms with van der Waals surface area (Å²) >= 11 is 1.53. The maximum Gasteiger partial charge on any atom is 0.251 e. The van der Waals surface area contributed by atoms with Crippen LogP contribution in [0.5, 0.6) is 5.75 Å². The van der Waals surface area contributed by atoms with E-state index in [0.717, 1.165) is 37.7 Å². The van der Waals surface area contributed by atoms with Gasteiger partial charge < -0.3 is 10.1 Å². The molecule has 0 aliphatic heterocycles. The first-order valence-corrected chi connectivity index (χ1v) is 10.5. The number of aromatic nitrogens is 2. The van der Waals surface area contributed by atoms with E-state index in [1.54, 1.807) is 25.3 Å². The Bertz CT molecular complexity index is 1410. The maximum atomic E-state index is 13.3. The molecule has 0 atom stereocenters. The molecule has 31 heavy (non-hydrogen) atoms. The van der Waals surface area contributed by atoms with Crippen LogP contribution in [0, 0.1) is 5.82 Å². The summed E-state index contributed by atoms with van der Waals surface area (Å²) < 4.78 is 21.5. The number of halogens is 1. The molecule has 1 amide bonds. The van der Waals surface area contributed by atoms with Gasteiger partial charge in [-0.25, -0.2) is 9.37 Å². The molecule has 0 saturated heterocycles. The monoisotopic (exact) mass is 431 g/mol. The molecule has 3 aromatic carbocycles. The normalized spacial score (nSPS) is 11.2. The van der Waals surface area contributed by atoms with Crippen LogP contribution in [0.4, 0.5) is 4.39 Å². The van der Waals surface area contributed by atoms with Crippen LogP contribution >= 0.6 is 11.3 Å². The van der Waals surface area contributed by atoms with Crippen molar-refractivity contribution < 1.29 is 13.9 Å². The number of benzene rings is 3. The predicted octanol–water partition coefficient (Wildman–Crippen LogP) is 5.29. The summed E-state index contributed by atoms with van der Waals surface area (Å²) in [6.07, 6.45) is 2.00. The minimum absolute atomic E-state index is 0.198. The fourth-order valence-corrected chi connectivity index (χ4v) is 4.52. The SMILES string of the molecule is COc1ccc(-c2cn3c(n2)sc2cc(C(=O)NCc4cccc(F)c4)ccc23)cc1. The number of nitrogens with one attached hydrogen (secondary N) is 1. The molecule has 7 heteroatoms. The van der Waals surface area contributed by atoms with Crippen molar-refractivity contribution >= 4 is 32.4 Å². The van der Waals surface area contributed by atoms with Gasteiger partial charge in [-0.3, -0.25) is 9.20 Å². The number of hydrogen-bond acceptors (Lipinski definition) is 4. The molecule has 2 heterocycles. The van der Waals surface area contributed by atoms with Crippen molar-refractivity contribution in [2.75, 3.05) is 7.11 Å². The summed E-state index contributed by atoms with van der Waals surface area (Å²) in [5.41, 5.74) is 4.17. The Morgan fingerprint density at radius 1 is 1.13 bits per heavy atom. The molecule has 0 fully saturated rings. The third kappa shape index (κ3) is 3.75. The molecule has 0 spiro atoms. The highest BCUT2D eigenvalue weighted by atomic mass is 32.1. The van der Waals surface area contributed by atoms with E-state index in [2.05, 4.69) is 5.32 Å². The lowest BCUT2D eigenvalue weighted by Gasteiger charge is -2.06. The second kappa shape index (κ2) is 7.85. The van der Waals surface area contributed by atoms with E-state index >= 15 is 0 Å². The summed E-state index contributed by atoms with van der Waals surface area (Å²) in [4.78, 5) is 18.2. The lowest BCUT2D eigenvalue weighted by molar-refractivity contribution is 0.0951. The van der Waals surface area contributed by atoms with Gasteiger partial charge in [-0.1, -0.05) is 23.5 Å². The Labute approximate surface area is 181 Å². The van der Waals surface area contributed by atoms with E-state index in [4.69, 9.17) is 9.72 Å². The van der Waals surface area contributed by atoms with Gasteiger partial charge in [0.15, 0.2) is 4.96 Å². The maximum absolute atomic E-state index is 13.3. The molecule has 5 aromatic rings. The van der Waals surface area contributed by atoms with Crippen molar-refractivity contribution in [3.8, 4) is 17.0 Å². The van der Waals surface area contributed by atoms with Crippen LogP contribution in [0.3, 0.4) is 0 Å². The van der Waals surface area contributed by atoms with E-state index in [0.29, 0.717) is 5.56 Å². The van der Waals surface area contributed by atoms with Gasteiger partial charge in [0.25, 0.3) is 5.91 Å². The van der Waals surface area contributed by atoms with E-state index in [1.807, 2.05) is 47.0 Å². The average molecular weight is 431 g/mol. The molecule has 1 N–H and O–H groups in total. The summed E-state index contributed by atoms with van der Waals surface area (Å²) in [6.45, 7) is 0.271. The number of fused-ring (bicyclic) bond motifs is 3. The molecule has 2 aromatic heterocycles. The largest absolute Gasteiger partial charge is 0.497 e. The number of amides is 1. The lowest BCUT2D eigenvalue weighted by Crippen LogP contribution is -2.22. The number of carbonyl (C=O) groups is 1. The van der Waals surface area contributed by atoms with Crippen LogP contribution in [0.1, 0.15) is 15.9 Å². The minimum atomic E-state index is -0.316. The van der Waals surface area contributed by atoms with Gasteiger partial charge in [-0.2, -0.15) is 0 Å². The molecule has 0 unspecified atom stereocenters. The summed E-state index contributed by atoms with van der Waals surface area (Å²) in [5, 5.41) is 2.84. The second-order valence-corrected chi connectivity index (χ2v) is 8.11. The Kier molecular flexibility index (Phi) is 4.88. The highest BCUT2D eigenvalue weighted by molar-refractivity contribution is 7.23. The number of nitrogens with zero attached hydrogens (tertiary/aromatic N) is 2. The quantitative estimate of drug-likeness (QED) is 0.411. The molecule has 0 saturated carbocycles. The third-order valence-electron chi connectivity index (χ3n) is 5.08. The molecule has 0 aliphatic carbocycles. The van der Waals surface area contributed by atoms with E-state index in [1.165, 1.54) is 23.5 Å². The predicted molar refractivity (Wildman–Crippen MR) is 120 cm³/mol. The number of methoxy groups -OCH3 is 1. The van der Waals surface area contributed by atoms with Crippen LogP contribution in [0.15, 0.2) is 72.9 Å². The lowest BCUT2D eigenvalue weighted by atomic mass is 10.1. The number of hydrogen-bond donors (Lipinski definition) is 1. The number of thiazole rings is 1. The Balaban J connectivity index is 1.39. The number of imidazole rings is 1. The first-order chi connectivity index (χ1) is 15.1. The van der Waals surface area contributed by atoms with Gasteiger partial charge in [0.2, 0.25) is 0 Å². The van der Waals surface area contributed by atoms with Crippen molar-refractivity contribution in [3.05, 3.63) is 89.9 Å². The van der Waals surface area contributed by atoms with Crippen molar-refractivity contribution in [1.82, 2.24) is 14.7 Å². The van der Waals surface area contributed by atoms with Crippen molar-refractivity contribution in [2.45, 2.75) is 6.54 Å². The minimum Gasteiger partial charge on any atom is -0.497 e. The van der Waals surface area contributed by atoms with Gasteiger partial charge in [0, 0.05) is 23.9 Å². The molecule has 5 rings (SSSR count). The average Bonchev–Trinajstić information content (AvgIpc) is 3.35. The molecule has 0 aliphatic rings. The smallest absolute Gasteiger partial charge is 0.251 e. The number of carbonyl (C=O) groups excluding carboxylic acids is 1. The van der Waals surface area contributed by atoms with Gasteiger partial charge >= 0.3 is 0 Å². The van der Waals surface area contributed by atoms with E-state index in [-0.39, 0.29) is 18.3 Å². The Hall–Kier alpha value is -3.71. The standard InChI is InChI=1S/C24H18FN3O2S/c1-30-19-8-5-16(6-9-19)20-14-28-21-10-7-17(12-22(21)31-24(28)27-20)23(29)26-13-15-3-2-4-18(25)11-15/h2-12,14H,13H2,1H3,(H,26,29). The molecule has 0 bridgehead atoms. The van der Waals surface area contributed by atoms with Gasteiger partial charge in [-0.15, -0.1) is 0 Å². The number of rotatable bonds is 5. The zero-order valence-electron chi connectivity index (χ0n) is 16.6. The van der Waals surface area contributed by atoms with Gasteiger partial charge in [0.05, 0.1) is 23.0 Å². The Morgan fingerprint density at radius 3 is 2.74 bits per heavy atom. The van der Waals surface area contributed by atoms with E-state index < -0.39 is 0 Å². The third-order valence-corrected chi connectivity index (χ3v) is 6.10. The first-order valence-electron chi connectivity index (χ1n) is 9.69. The summed E-state index contributed by atoms with van der Waals surface area (Å²) in [5.74, 6) is 0.290. The zero-order valence-corrected chi connectivity index (χ0v) is 17.4. The molecule has 154 valence electrons. The zero-order chi connectivity index (χ0) is 21.4.